The maximum absolute atomic E-state index is 11.8. The lowest BCUT2D eigenvalue weighted by Crippen LogP contribution is -2.36. The van der Waals surface area contributed by atoms with Crippen LogP contribution >= 0.6 is 11.8 Å². The van der Waals surface area contributed by atoms with Crippen molar-refractivity contribution >= 4 is 17.5 Å². The van der Waals surface area contributed by atoms with Gasteiger partial charge in [-0.15, -0.1) is 11.8 Å². The van der Waals surface area contributed by atoms with Crippen LogP contribution in [0.3, 0.4) is 0 Å². The Kier molecular flexibility index (Phi) is 2.31. The van der Waals surface area contributed by atoms with E-state index in [1.165, 1.54) is 4.90 Å². The largest absolute Gasteiger partial charge is 0.359 e. The molecule has 0 amide bonds. The molecule has 1 saturated heterocycles. The molecule has 1 aromatic carbocycles. The second kappa shape index (κ2) is 3.58. The minimum Gasteiger partial charge on any atom is -0.359 e. The molecule has 0 aromatic heterocycles. The number of carbonyl (C=O) groups is 1. The number of morpholine rings is 1. The smallest absolute Gasteiger partial charge is 0.191 e. The zero-order valence-electron chi connectivity index (χ0n) is 9.03. The SMILES string of the molecule is CSc1ccc(C23OCCNC2C3=O)cc1. The summed E-state index contributed by atoms with van der Waals surface area (Å²) in [6.45, 7) is 1.37. The first-order valence-electron chi connectivity index (χ1n) is 5.35. The van der Waals surface area contributed by atoms with Gasteiger partial charge in [-0.2, -0.15) is 0 Å². The average molecular weight is 235 g/mol. The van der Waals surface area contributed by atoms with E-state index in [9.17, 15) is 4.79 Å². The van der Waals surface area contributed by atoms with E-state index < -0.39 is 5.60 Å². The first-order valence-corrected chi connectivity index (χ1v) is 6.57. The Balaban J connectivity index is 1.94. The molecule has 4 heteroatoms. The highest BCUT2D eigenvalue weighted by Crippen LogP contribution is 2.47. The van der Waals surface area contributed by atoms with Gasteiger partial charge in [0.1, 0.15) is 6.04 Å². The Bertz CT molecular complexity index is 431. The van der Waals surface area contributed by atoms with Crippen molar-refractivity contribution in [2.24, 2.45) is 0 Å². The maximum Gasteiger partial charge on any atom is 0.191 e. The quantitative estimate of drug-likeness (QED) is 0.781. The standard InChI is InChI=1S/C12H13NO2S/c1-16-9-4-2-8(3-5-9)12-10(11(12)14)13-6-7-15-12/h2-5,10,13H,6-7H2,1H3. The molecule has 0 spiro atoms. The van der Waals surface area contributed by atoms with Crippen LogP contribution in [0, 0.1) is 0 Å². The molecule has 3 rings (SSSR count). The molecule has 84 valence electrons. The van der Waals surface area contributed by atoms with Gasteiger partial charge in [0.2, 0.25) is 0 Å². The van der Waals surface area contributed by atoms with Crippen LogP contribution in [0.15, 0.2) is 29.2 Å². The van der Waals surface area contributed by atoms with Crippen LogP contribution in [0.2, 0.25) is 0 Å². The summed E-state index contributed by atoms with van der Waals surface area (Å²) in [5.74, 6) is 0.168. The number of hydrogen-bond acceptors (Lipinski definition) is 4. The van der Waals surface area contributed by atoms with Crippen molar-refractivity contribution < 1.29 is 9.53 Å². The van der Waals surface area contributed by atoms with Crippen LogP contribution in [-0.4, -0.2) is 31.2 Å². The molecule has 0 bridgehead atoms. The molecule has 2 atom stereocenters. The molecule has 1 saturated carbocycles. The van der Waals surface area contributed by atoms with Crippen LogP contribution in [-0.2, 0) is 15.1 Å². The van der Waals surface area contributed by atoms with Crippen molar-refractivity contribution in [2.45, 2.75) is 16.5 Å². The highest BCUT2D eigenvalue weighted by atomic mass is 32.2. The van der Waals surface area contributed by atoms with Crippen LogP contribution in [0.5, 0.6) is 0 Å². The molecule has 1 aromatic rings. The third-order valence-electron chi connectivity index (χ3n) is 3.25. The highest BCUT2D eigenvalue weighted by Gasteiger charge is 2.68. The van der Waals surface area contributed by atoms with Crippen LogP contribution in [0.25, 0.3) is 0 Å². The lowest BCUT2D eigenvalue weighted by atomic mass is 10.1. The fraction of sp³-hybridized carbons (Fsp3) is 0.417. The van der Waals surface area contributed by atoms with Gasteiger partial charge < -0.3 is 10.1 Å². The summed E-state index contributed by atoms with van der Waals surface area (Å²) in [4.78, 5) is 13.0. The van der Waals surface area contributed by atoms with E-state index in [0.29, 0.717) is 6.61 Å². The Morgan fingerprint density at radius 1 is 1.44 bits per heavy atom. The zero-order valence-corrected chi connectivity index (χ0v) is 9.84. The number of fused-ring (bicyclic) bond motifs is 1. The van der Waals surface area contributed by atoms with E-state index in [4.69, 9.17) is 4.74 Å². The second-order valence-electron chi connectivity index (χ2n) is 4.06. The number of rotatable bonds is 2. The van der Waals surface area contributed by atoms with Gasteiger partial charge in [-0.25, -0.2) is 0 Å². The first-order chi connectivity index (χ1) is 7.79. The van der Waals surface area contributed by atoms with Gasteiger partial charge in [0, 0.05) is 11.4 Å². The van der Waals surface area contributed by atoms with E-state index in [2.05, 4.69) is 5.32 Å². The second-order valence-corrected chi connectivity index (χ2v) is 4.94. The van der Waals surface area contributed by atoms with Crippen molar-refractivity contribution in [1.29, 1.82) is 0 Å². The number of hydrogen-bond donors (Lipinski definition) is 1. The lowest BCUT2D eigenvalue weighted by Gasteiger charge is -2.21. The van der Waals surface area contributed by atoms with Gasteiger partial charge in [-0.1, -0.05) is 12.1 Å². The Labute approximate surface area is 98.6 Å². The summed E-state index contributed by atoms with van der Waals surface area (Å²) in [6.07, 6.45) is 2.04. The summed E-state index contributed by atoms with van der Waals surface area (Å²) in [6, 6.07) is 7.94. The summed E-state index contributed by atoms with van der Waals surface area (Å²) < 4.78 is 5.69. The van der Waals surface area contributed by atoms with Crippen LogP contribution in [0.1, 0.15) is 5.56 Å². The highest BCUT2D eigenvalue weighted by molar-refractivity contribution is 7.98. The molecule has 1 heterocycles. The summed E-state index contributed by atoms with van der Waals surface area (Å²) in [5.41, 5.74) is 0.308. The predicted octanol–water partition coefficient (Wildman–Crippen LogP) is 1.17. The molecule has 1 aliphatic heterocycles. The van der Waals surface area contributed by atoms with Gasteiger partial charge in [0.15, 0.2) is 11.4 Å². The third-order valence-corrected chi connectivity index (χ3v) is 3.99. The molecule has 1 N–H and O–H groups in total. The van der Waals surface area contributed by atoms with Gasteiger partial charge in [-0.3, -0.25) is 4.79 Å². The third kappa shape index (κ3) is 1.27. The number of benzene rings is 1. The molecule has 1 aliphatic carbocycles. The molecular weight excluding hydrogens is 222 g/mol. The fourth-order valence-electron chi connectivity index (χ4n) is 2.32. The zero-order chi connectivity index (χ0) is 11.2. The lowest BCUT2D eigenvalue weighted by molar-refractivity contribution is -0.118. The summed E-state index contributed by atoms with van der Waals surface area (Å²) in [5, 5.41) is 3.19. The number of nitrogens with one attached hydrogen (secondary N) is 1. The van der Waals surface area contributed by atoms with Gasteiger partial charge in [-0.05, 0) is 24.0 Å². The molecule has 2 unspecified atom stereocenters. The van der Waals surface area contributed by atoms with Crippen molar-refractivity contribution in [3.63, 3.8) is 0 Å². The van der Waals surface area contributed by atoms with E-state index in [0.717, 1.165) is 12.1 Å². The number of ketones is 1. The molecule has 16 heavy (non-hydrogen) atoms. The fourth-order valence-corrected chi connectivity index (χ4v) is 2.73. The summed E-state index contributed by atoms with van der Waals surface area (Å²) in [7, 11) is 0. The topological polar surface area (TPSA) is 38.3 Å². The van der Waals surface area contributed by atoms with Crippen molar-refractivity contribution in [1.82, 2.24) is 5.32 Å². The molecule has 0 radical (unpaired) electrons. The first kappa shape index (κ1) is 10.3. The van der Waals surface area contributed by atoms with Gasteiger partial charge in [0.25, 0.3) is 0 Å². The van der Waals surface area contributed by atoms with E-state index in [1.807, 2.05) is 30.5 Å². The van der Waals surface area contributed by atoms with Crippen molar-refractivity contribution in [3.8, 4) is 0 Å². The average Bonchev–Trinajstić information content (AvgIpc) is 2.97. The Morgan fingerprint density at radius 3 is 2.81 bits per heavy atom. The van der Waals surface area contributed by atoms with Crippen LogP contribution < -0.4 is 5.32 Å². The molecule has 3 nitrogen and oxygen atoms in total. The molecule has 2 fully saturated rings. The normalized spacial score (nSPS) is 32.3. The van der Waals surface area contributed by atoms with Crippen molar-refractivity contribution in [2.75, 3.05) is 19.4 Å². The Hall–Kier alpha value is -0.840. The minimum absolute atomic E-state index is 0.124. The van der Waals surface area contributed by atoms with E-state index in [1.54, 1.807) is 11.8 Å². The van der Waals surface area contributed by atoms with E-state index in [-0.39, 0.29) is 11.8 Å². The number of thioether (sulfide) groups is 1. The number of carbonyl (C=O) groups excluding carboxylic acids is 1. The molecular formula is C12H13NO2S. The van der Waals surface area contributed by atoms with Gasteiger partial charge in [0.05, 0.1) is 6.61 Å². The van der Waals surface area contributed by atoms with Crippen LogP contribution in [0.4, 0.5) is 0 Å². The van der Waals surface area contributed by atoms with Crippen molar-refractivity contribution in [3.05, 3.63) is 29.8 Å². The Morgan fingerprint density at radius 2 is 2.19 bits per heavy atom. The number of ether oxygens (including phenoxy) is 1. The van der Waals surface area contributed by atoms with E-state index >= 15 is 0 Å². The number of Topliss-reactive ketones (excluding diaryl/α,β-unsaturated/α-hetero) is 1. The monoisotopic (exact) mass is 235 g/mol. The molecule has 2 aliphatic rings. The summed E-state index contributed by atoms with van der Waals surface area (Å²) >= 11 is 1.70. The maximum atomic E-state index is 11.8. The predicted molar refractivity (Wildman–Crippen MR) is 62.7 cm³/mol. The van der Waals surface area contributed by atoms with Gasteiger partial charge >= 0.3 is 0 Å². The minimum atomic E-state index is -0.671.